The van der Waals surface area contributed by atoms with Crippen LogP contribution >= 0.6 is 0 Å². The highest BCUT2D eigenvalue weighted by Gasteiger charge is 2.16. The summed E-state index contributed by atoms with van der Waals surface area (Å²) in [6.07, 6.45) is 0. The number of nitrogens with zero attached hydrogens (tertiary/aromatic N) is 1. The summed E-state index contributed by atoms with van der Waals surface area (Å²) < 4.78 is 0. The van der Waals surface area contributed by atoms with Crippen molar-refractivity contribution in [3.63, 3.8) is 0 Å². The van der Waals surface area contributed by atoms with Gasteiger partial charge >= 0.3 is 0 Å². The fourth-order valence-corrected chi connectivity index (χ4v) is 1.83. The summed E-state index contributed by atoms with van der Waals surface area (Å²) >= 11 is 0. The maximum absolute atomic E-state index is 11.9. The average Bonchev–Trinajstić information content (AvgIpc) is 2.43. The molecule has 0 radical (unpaired) electrons. The second kappa shape index (κ2) is 7.17. The van der Waals surface area contributed by atoms with E-state index < -0.39 is 0 Å². The zero-order valence-corrected chi connectivity index (χ0v) is 11.8. The molecule has 0 aliphatic heterocycles. The first-order valence-corrected chi connectivity index (χ1v) is 6.59. The smallest absolute Gasteiger partial charge is 0.239 e. The van der Waals surface area contributed by atoms with Crippen molar-refractivity contribution in [2.45, 2.75) is 32.7 Å². The van der Waals surface area contributed by atoms with Crippen molar-refractivity contribution >= 4 is 5.91 Å². The Morgan fingerprint density at radius 1 is 1.28 bits per heavy atom. The highest BCUT2D eigenvalue weighted by molar-refractivity contribution is 5.81. The third kappa shape index (κ3) is 4.15. The molecule has 1 N–H and O–H groups in total. The molecular weight excluding hydrogens is 224 g/mol. The number of hydrogen-bond acceptors (Lipinski definition) is 2. The van der Waals surface area contributed by atoms with E-state index in [0.717, 1.165) is 13.1 Å². The maximum Gasteiger partial charge on any atom is 0.239 e. The Bertz CT molecular complexity index is 364. The van der Waals surface area contributed by atoms with Crippen LogP contribution in [0.1, 0.15) is 32.3 Å². The van der Waals surface area contributed by atoms with E-state index in [1.807, 2.05) is 39.1 Å². The van der Waals surface area contributed by atoms with Crippen LogP contribution in [0.5, 0.6) is 0 Å². The van der Waals surface area contributed by atoms with E-state index in [4.69, 9.17) is 0 Å². The van der Waals surface area contributed by atoms with E-state index >= 15 is 0 Å². The molecule has 0 spiro atoms. The Kier molecular flexibility index (Phi) is 5.86. The lowest BCUT2D eigenvalue weighted by atomic mass is 10.0. The van der Waals surface area contributed by atoms with Crippen molar-refractivity contribution < 1.29 is 4.79 Å². The van der Waals surface area contributed by atoms with Crippen LogP contribution in [0.3, 0.4) is 0 Å². The minimum absolute atomic E-state index is 0.124. The third-order valence-electron chi connectivity index (χ3n) is 3.32. The predicted molar refractivity (Wildman–Crippen MR) is 75.6 cm³/mol. The molecule has 0 saturated carbocycles. The number of likely N-dealkylation sites (N-methyl/N-ethyl adjacent to an activating group) is 1. The predicted octanol–water partition coefficient (Wildman–Crippen LogP) is 2.25. The molecule has 0 aliphatic rings. The summed E-state index contributed by atoms with van der Waals surface area (Å²) in [5, 5.41) is 3.30. The second-order valence-corrected chi connectivity index (χ2v) is 4.79. The normalized spacial score (nSPS) is 14.0. The van der Waals surface area contributed by atoms with Crippen molar-refractivity contribution in [3.05, 3.63) is 35.9 Å². The summed E-state index contributed by atoms with van der Waals surface area (Å²) in [4.78, 5) is 13.6. The van der Waals surface area contributed by atoms with Crippen LogP contribution in [0.15, 0.2) is 30.3 Å². The number of nitrogens with one attached hydrogen (secondary N) is 1. The largest absolute Gasteiger partial charge is 0.345 e. The molecule has 100 valence electrons. The molecule has 0 bridgehead atoms. The van der Waals surface area contributed by atoms with Gasteiger partial charge in [0.25, 0.3) is 0 Å². The SMILES string of the molecule is CCN(C)C(=O)[C@@H](C)NC[C@H](C)c1ccccc1. The molecular formula is C15H24N2O. The van der Waals surface area contributed by atoms with Gasteiger partial charge in [0.1, 0.15) is 0 Å². The van der Waals surface area contributed by atoms with E-state index in [1.165, 1.54) is 5.56 Å². The van der Waals surface area contributed by atoms with E-state index in [9.17, 15) is 4.79 Å². The van der Waals surface area contributed by atoms with Crippen LogP contribution in [0, 0.1) is 0 Å². The Hall–Kier alpha value is -1.35. The molecule has 0 aliphatic carbocycles. The number of benzene rings is 1. The summed E-state index contributed by atoms with van der Waals surface area (Å²) in [5.41, 5.74) is 1.30. The fourth-order valence-electron chi connectivity index (χ4n) is 1.83. The molecule has 2 atom stereocenters. The minimum Gasteiger partial charge on any atom is -0.345 e. The first-order chi connectivity index (χ1) is 8.56. The van der Waals surface area contributed by atoms with Crippen molar-refractivity contribution in [1.29, 1.82) is 0 Å². The zero-order chi connectivity index (χ0) is 13.5. The topological polar surface area (TPSA) is 32.3 Å². The lowest BCUT2D eigenvalue weighted by Crippen LogP contribution is -2.44. The van der Waals surface area contributed by atoms with Gasteiger partial charge in [-0.15, -0.1) is 0 Å². The van der Waals surface area contributed by atoms with E-state index in [-0.39, 0.29) is 11.9 Å². The van der Waals surface area contributed by atoms with Gasteiger partial charge in [-0.05, 0) is 25.3 Å². The zero-order valence-electron chi connectivity index (χ0n) is 11.8. The highest BCUT2D eigenvalue weighted by atomic mass is 16.2. The quantitative estimate of drug-likeness (QED) is 0.837. The van der Waals surface area contributed by atoms with Crippen LogP contribution < -0.4 is 5.32 Å². The summed E-state index contributed by atoms with van der Waals surface area (Å²) in [7, 11) is 1.83. The highest BCUT2D eigenvalue weighted by Crippen LogP contribution is 2.13. The molecule has 1 aromatic rings. The lowest BCUT2D eigenvalue weighted by Gasteiger charge is -2.22. The van der Waals surface area contributed by atoms with Gasteiger partial charge in [0.15, 0.2) is 0 Å². The molecule has 1 rings (SSSR count). The summed E-state index contributed by atoms with van der Waals surface area (Å²) in [5.74, 6) is 0.561. The van der Waals surface area contributed by atoms with Crippen molar-refractivity contribution in [1.82, 2.24) is 10.2 Å². The molecule has 0 heterocycles. The molecule has 3 nitrogen and oxygen atoms in total. The van der Waals surface area contributed by atoms with Gasteiger partial charge in [0.05, 0.1) is 6.04 Å². The van der Waals surface area contributed by atoms with Crippen molar-refractivity contribution in [2.24, 2.45) is 0 Å². The molecule has 0 fully saturated rings. The second-order valence-electron chi connectivity index (χ2n) is 4.79. The molecule has 1 aromatic carbocycles. The number of carbonyl (C=O) groups excluding carboxylic acids is 1. The maximum atomic E-state index is 11.9. The van der Waals surface area contributed by atoms with Crippen LogP contribution in [-0.4, -0.2) is 37.0 Å². The Morgan fingerprint density at radius 2 is 1.89 bits per heavy atom. The molecule has 3 heteroatoms. The van der Waals surface area contributed by atoms with E-state index in [1.54, 1.807) is 4.90 Å². The first kappa shape index (κ1) is 14.7. The Morgan fingerprint density at radius 3 is 2.44 bits per heavy atom. The standard InChI is InChI=1S/C15H24N2O/c1-5-17(4)15(18)13(3)16-11-12(2)14-9-7-6-8-10-14/h6-10,12-13,16H,5,11H2,1-4H3/t12-,13+/m0/s1. The minimum atomic E-state index is -0.124. The van der Waals surface area contributed by atoms with Gasteiger partial charge in [-0.2, -0.15) is 0 Å². The van der Waals surface area contributed by atoms with Crippen LogP contribution in [0.4, 0.5) is 0 Å². The Labute approximate surface area is 110 Å². The Balaban J connectivity index is 2.43. The van der Waals surface area contributed by atoms with Crippen molar-refractivity contribution in [2.75, 3.05) is 20.1 Å². The molecule has 0 aromatic heterocycles. The molecule has 18 heavy (non-hydrogen) atoms. The van der Waals surface area contributed by atoms with Crippen LogP contribution in [0.25, 0.3) is 0 Å². The van der Waals surface area contributed by atoms with Gasteiger partial charge in [-0.1, -0.05) is 37.3 Å². The lowest BCUT2D eigenvalue weighted by molar-refractivity contribution is -0.131. The first-order valence-electron chi connectivity index (χ1n) is 6.59. The molecule has 0 saturated heterocycles. The fraction of sp³-hybridized carbons (Fsp3) is 0.533. The third-order valence-corrected chi connectivity index (χ3v) is 3.32. The van der Waals surface area contributed by atoms with Gasteiger partial charge in [-0.3, -0.25) is 4.79 Å². The average molecular weight is 248 g/mol. The molecule has 0 unspecified atom stereocenters. The number of hydrogen-bond donors (Lipinski definition) is 1. The van der Waals surface area contributed by atoms with Gasteiger partial charge in [0, 0.05) is 20.1 Å². The van der Waals surface area contributed by atoms with Crippen LogP contribution in [0.2, 0.25) is 0 Å². The number of rotatable bonds is 6. The van der Waals surface area contributed by atoms with Gasteiger partial charge in [0.2, 0.25) is 5.91 Å². The summed E-state index contributed by atoms with van der Waals surface area (Å²) in [6.45, 7) is 7.64. The molecule has 1 amide bonds. The van der Waals surface area contributed by atoms with E-state index in [0.29, 0.717) is 5.92 Å². The number of carbonyl (C=O) groups is 1. The van der Waals surface area contributed by atoms with Gasteiger partial charge < -0.3 is 10.2 Å². The van der Waals surface area contributed by atoms with Gasteiger partial charge in [-0.25, -0.2) is 0 Å². The van der Waals surface area contributed by atoms with E-state index in [2.05, 4.69) is 24.4 Å². The van der Waals surface area contributed by atoms with Crippen LogP contribution in [-0.2, 0) is 4.79 Å². The number of amides is 1. The monoisotopic (exact) mass is 248 g/mol. The van der Waals surface area contributed by atoms with Crippen molar-refractivity contribution in [3.8, 4) is 0 Å². The summed E-state index contributed by atoms with van der Waals surface area (Å²) in [6, 6.07) is 10.2.